The van der Waals surface area contributed by atoms with Crippen molar-refractivity contribution in [1.29, 1.82) is 0 Å². The van der Waals surface area contributed by atoms with E-state index in [4.69, 9.17) is 16.1 Å². The van der Waals surface area contributed by atoms with E-state index in [-0.39, 0.29) is 0 Å². The molecular formula is C9H8ClN3O. The molecule has 2 rings (SSSR count). The van der Waals surface area contributed by atoms with Gasteiger partial charge in [0, 0.05) is 17.6 Å². The Morgan fingerprint density at radius 3 is 2.57 bits per heavy atom. The minimum Gasteiger partial charge on any atom is -0.341 e. The van der Waals surface area contributed by atoms with Crippen molar-refractivity contribution in [2.24, 2.45) is 0 Å². The summed E-state index contributed by atoms with van der Waals surface area (Å²) in [5, 5.41) is 7.24. The molecule has 0 aliphatic heterocycles. The smallest absolute Gasteiger partial charge is 0.321 e. The van der Waals surface area contributed by atoms with Crippen LogP contribution in [0, 0.1) is 0 Å². The summed E-state index contributed by atoms with van der Waals surface area (Å²) in [6, 6.07) is 7.65. The van der Waals surface area contributed by atoms with Gasteiger partial charge in [0.2, 0.25) is 5.82 Å². The molecule has 2 aromatic rings. The van der Waals surface area contributed by atoms with Crippen molar-refractivity contribution < 1.29 is 4.52 Å². The van der Waals surface area contributed by atoms with Crippen LogP contribution in [0.4, 0.5) is 6.01 Å². The minimum atomic E-state index is 0.398. The second-order valence-corrected chi connectivity index (χ2v) is 3.12. The van der Waals surface area contributed by atoms with Crippen molar-refractivity contribution in [2.45, 2.75) is 0 Å². The van der Waals surface area contributed by atoms with Crippen LogP contribution in [-0.2, 0) is 0 Å². The fourth-order valence-corrected chi connectivity index (χ4v) is 1.17. The Morgan fingerprint density at radius 1 is 1.29 bits per heavy atom. The van der Waals surface area contributed by atoms with Gasteiger partial charge in [-0.25, -0.2) is 0 Å². The Hall–Kier alpha value is -1.55. The number of nitrogens with one attached hydrogen (secondary N) is 1. The van der Waals surface area contributed by atoms with Gasteiger partial charge in [0.05, 0.1) is 0 Å². The first kappa shape index (κ1) is 9.02. The average molecular weight is 210 g/mol. The number of hydrogen-bond donors (Lipinski definition) is 1. The molecule has 0 saturated carbocycles. The van der Waals surface area contributed by atoms with E-state index in [1.165, 1.54) is 0 Å². The van der Waals surface area contributed by atoms with Gasteiger partial charge >= 0.3 is 6.01 Å². The number of benzene rings is 1. The predicted octanol–water partition coefficient (Wildman–Crippen LogP) is 2.43. The van der Waals surface area contributed by atoms with E-state index in [9.17, 15) is 0 Å². The Morgan fingerprint density at radius 2 is 2.00 bits per heavy atom. The molecule has 0 radical (unpaired) electrons. The Bertz CT molecular complexity index is 424. The van der Waals surface area contributed by atoms with Gasteiger partial charge in [-0.15, -0.1) is 0 Å². The van der Waals surface area contributed by atoms with Crippen molar-refractivity contribution in [1.82, 2.24) is 10.1 Å². The first-order valence-electron chi connectivity index (χ1n) is 4.07. The lowest BCUT2D eigenvalue weighted by molar-refractivity contribution is 0.434. The monoisotopic (exact) mass is 209 g/mol. The van der Waals surface area contributed by atoms with Crippen LogP contribution in [0.15, 0.2) is 28.8 Å². The molecule has 0 bridgehead atoms. The molecule has 0 spiro atoms. The largest absolute Gasteiger partial charge is 0.341 e. The third-order valence-corrected chi connectivity index (χ3v) is 1.99. The first-order chi connectivity index (χ1) is 6.79. The van der Waals surface area contributed by atoms with Crippen molar-refractivity contribution in [3.8, 4) is 11.4 Å². The number of rotatable bonds is 2. The van der Waals surface area contributed by atoms with Gasteiger partial charge in [0.25, 0.3) is 0 Å². The maximum Gasteiger partial charge on any atom is 0.321 e. The SMILES string of the molecule is CNc1nc(-c2ccc(Cl)cc2)no1. The molecule has 0 atom stereocenters. The molecule has 4 nitrogen and oxygen atoms in total. The second kappa shape index (κ2) is 3.67. The highest BCUT2D eigenvalue weighted by Gasteiger charge is 2.06. The second-order valence-electron chi connectivity index (χ2n) is 2.68. The number of halogens is 1. The maximum atomic E-state index is 5.76. The van der Waals surface area contributed by atoms with Crippen LogP contribution in [0.25, 0.3) is 11.4 Å². The number of aromatic nitrogens is 2. The highest BCUT2D eigenvalue weighted by molar-refractivity contribution is 6.30. The van der Waals surface area contributed by atoms with Crippen LogP contribution in [0.5, 0.6) is 0 Å². The van der Waals surface area contributed by atoms with E-state index in [0.717, 1.165) is 5.56 Å². The maximum absolute atomic E-state index is 5.76. The number of hydrogen-bond acceptors (Lipinski definition) is 4. The quantitative estimate of drug-likeness (QED) is 0.826. The number of anilines is 1. The summed E-state index contributed by atoms with van der Waals surface area (Å²) in [4.78, 5) is 4.10. The van der Waals surface area contributed by atoms with Gasteiger partial charge in [0.15, 0.2) is 0 Å². The summed E-state index contributed by atoms with van der Waals surface area (Å²) in [7, 11) is 1.72. The van der Waals surface area contributed by atoms with Crippen LogP contribution >= 0.6 is 11.6 Å². The van der Waals surface area contributed by atoms with E-state index >= 15 is 0 Å². The molecule has 1 heterocycles. The Balaban J connectivity index is 2.34. The highest BCUT2D eigenvalue weighted by atomic mass is 35.5. The zero-order valence-corrected chi connectivity index (χ0v) is 8.25. The van der Waals surface area contributed by atoms with Gasteiger partial charge in [-0.3, -0.25) is 0 Å². The third-order valence-electron chi connectivity index (χ3n) is 1.74. The van der Waals surface area contributed by atoms with Crippen molar-refractivity contribution in [2.75, 3.05) is 12.4 Å². The fraction of sp³-hybridized carbons (Fsp3) is 0.111. The summed E-state index contributed by atoms with van der Waals surface area (Å²) < 4.78 is 4.89. The Labute approximate surface area is 85.9 Å². The molecule has 0 saturated heterocycles. The minimum absolute atomic E-state index is 0.398. The van der Waals surface area contributed by atoms with Gasteiger partial charge in [-0.05, 0) is 24.3 Å². The summed E-state index contributed by atoms with van der Waals surface area (Å²) >= 11 is 5.76. The van der Waals surface area contributed by atoms with E-state index < -0.39 is 0 Å². The number of nitrogens with zero attached hydrogens (tertiary/aromatic N) is 2. The summed E-state index contributed by atoms with van der Waals surface area (Å²) in [5.74, 6) is 0.547. The fourth-order valence-electron chi connectivity index (χ4n) is 1.04. The molecule has 1 aromatic carbocycles. The van der Waals surface area contributed by atoms with Crippen molar-refractivity contribution >= 4 is 17.6 Å². The van der Waals surface area contributed by atoms with Crippen LogP contribution in [0.3, 0.4) is 0 Å². The zero-order valence-electron chi connectivity index (χ0n) is 7.49. The first-order valence-corrected chi connectivity index (χ1v) is 4.45. The summed E-state index contributed by atoms with van der Waals surface area (Å²) in [6.07, 6.45) is 0. The van der Waals surface area contributed by atoms with Crippen LogP contribution in [0.2, 0.25) is 5.02 Å². The standard InChI is InChI=1S/C9H8ClN3O/c1-11-9-12-8(13-14-9)6-2-4-7(10)5-3-6/h2-5H,1H3,(H,11,12,13). The van der Waals surface area contributed by atoms with Gasteiger partial charge in [-0.2, -0.15) is 4.98 Å². The lowest BCUT2D eigenvalue weighted by Crippen LogP contribution is -1.86. The van der Waals surface area contributed by atoms with Crippen molar-refractivity contribution in [3.63, 3.8) is 0 Å². The molecule has 0 fully saturated rings. The van der Waals surface area contributed by atoms with Crippen LogP contribution in [-0.4, -0.2) is 17.2 Å². The summed E-state index contributed by atoms with van der Waals surface area (Å²) in [5.41, 5.74) is 0.875. The molecule has 0 aliphatic rings. The molecule has 72 valence electrons. The van der Waals surface area contributed by atoms with E-state index in [2.05, 4.69) is 15.5 Å². The zero-order chi connectivity index (χ0) is 9.97. The topological polar surface area (TPSA) is 51.0 Å². The molecule has 1 aromatic heterocycles. The van der Waals surface area contributed by atoms with E-state index in [1.807, 2.05) is 12.1 Å². The highest BCUT2D eigenvalue weighted by Crippen LogP contribution is 2.19. The lowest BCUT2D eigenvalue weighted by Gasteiger charge is -1.92. The normalized spacial score (nSPS) is 10.1. The molecule has 0 unspecified atom stereocenters. The molecule has 1 N–H and O–H groups in total. The summed E-state index contributed by atoms with van der Waals surface area (Å²) in [6.45, 7) is 0. The van der Waals surface area contributed by atoms with Gasteiger partial charge in [0.1, 0.15) is 0 Å². The van der Waals surface area contributed by atoms with Crippen LogP contribution in [0.1, 0.15) is 0 Å². The lowest BCUT2D eigenvalue weighted by atomic mass is 10.2. The predicted molar refractivity (Wildman–Crippen MR) is 54.3 cm³/mol. The third kappa shape index (κ3) is 1.70. The molecule has 5 heteroatoms. The Kier molecular flexibility index (Phi) is 2.37. The molecular weight excluding hydrogens is 202 g/mol. The van der Waals surface area contributed by atoms with E-state index in [0.29, 0.717) is 16.9 Å². The van der Waals surface area contributed by atoms with Gasteiger partial charge < -0.3 is 9.84 Å². The molecule has 0 amide bonds. The molecule has 14 heavy (non-hydrogen) atoms. The molecule has 0 aliphatic carbocycles. The van der Waals surface area contributed by atoms with Crippen LogP contribution < -0.4 is 5.32 Å². The van der Waals surface area contributed by atoms with Crippen molar-refractivity contribution in [3.05, 3.63) is 29.3 Å². The average Bonchev–Trinajstić information content (AvgIpc) is 2.67. The van der Waals surface area contributed by atoms with Gasteiger partial charge in [-0.1, -0.05) is 16.8 Å². The van der Waals surface area contributed by atoms with E-state index in [1.54, 1.807) is 19.2 Å².